The van der Waals surface area contributed by atoms with Gasteiger partial charge in [0.15, 0.2) is 5.65 Å². The Morgan fingerprint density at radius 3 is 2.59 bits per heavy atom. The molecule has 2 fully saturated rings. The second-order valence-electron chi connectivity index (χ2n) is 8.70. The molecule has 2 aliphatic rings. The summed E-state index contributed by atoms with van der Waals surface area (Å²) in [4.78, 5) is 59.4. The van der Waals surface area contributed by atoms with Gasteiger partial charge in [0.2, 0.25) is 11.8 Å². The molecule has 11 nitrogen and oxygen atoms in total. The number of nitrogens with one attached hydrogen (secondary N) is 1. The van der Waals surface area contributed by atoms with Gasteiger partial charge < -0.3 is 19.5 Å². The molecular weight excluding hydrogens is 440 g/mol. The molecule has 0 radical (unpaired) electrons. The number of nitrogens with zero attached hydrogens (tertiary/aromatic N) is 5. The molecule has 0 atom stereocenters. The van der Waals surface area contributed by atoms with Crippen molar-refractivity contribution in [2.75, 3.05) is 31.1 Å². The lowest BCUT2D eigenvalue weighted by atomic mass is 10.2. The minimum absolute atomic E-state index is 0.158. The highest BCUT2D eigenvalue weighted by Gasteiger charge is 2.35. The first-order valence-corrected chi connectivity index (χ1v) is 11.4. The van der Waals surface area contributed by atoms with Gasteiger partial charge >= 0.3 is 5.69 Å². The standard InChI is InChI=1S/C23H26N6O5/c1-26-20-19(22(32)29(23(26)33)14-18(30)25-13-16-3-2-12-34-16)17(6-7-24-20)27-8-10-28(11-9-27)21(31)15-4-5-15/h2-3,6-7,12,15H,4-5,8-11,13-14H2,1H3,(H,25,30). The second kappa shape index (κ2) is 8.81. The smallest absolute Gasteiger partial charge is 0.332 e. The molecule has 3 aromatic heterocycles. The van der Waals surface area contributed by atoms with Crippen LogP contribution in [-0.4, -0.2) is 57.0 Å². The molecule has 1 saturated heterocycles. The summed E-state index contributed by atoms with van der Waals surface area (Å²) in [6, 6.07) is 5.17. The summed E-state index contributed by atoms with van der Waals surface area (Å²) in [5, 5.41) is 2.94. The number of hydrogen-bond donors (Lipinski definition) is 1. The fourth-order valence-electron chi connectivity index (χ4n) is 4.35. The number of carbonyl (C=O) groups is 2. The fraction of sp³-hybridized carbons (Fsp3) is 0.435. The summed E-state index contributed by atoms with van der Waals surface area (Å²) in [5.74, 6) is 0.476. The Morgan fingerprint density at radius 2 is 1.91 bits per heavy atom. The molecule has 11 heteroatoms. The van der Waals surface area contributed by atoms with Crippen molar-refractivity contribution >= 4 is 28.5 Å². The zero-order valence-electron chi connectivity index (χ0n) is 18.9. The van der Waals surface area contributed by atoms with Crippen molar-refractivity contribution in [2.24, 2.45) is 13.0 Å². The Labute approximate surface area is 194 Å². The largest absolute Gasteiger partial charge is 0.467 e. The predicted octanol–water partition coefficient (Wildman–Crippen LogP) is 0.0632. The number of fused-ring (bicyclic) bond motifs is 1. The molecule has 0 spiro atoms. The lowest BCUT2D eigenvalue weighted by molar-refractivity contribution is -0.132. The Morgan fingerprint density at radius 1 is 1.15 bits per heavy atom. The van der Waals surface area contributed by atoms with Crippen LogP contribution in [0.25, 0.3) is 11.0 Å². The minimum Gasteiger partial charge on any atom is -0.467 e. The third-order valence-electron chi connectivity index (χ3n) is 6.40. The maximum Gasteiger partial charge on any atom is 0.332 e. The molecule has 0 aromatic carbocycles. The monoisotopic (exact) mass is 466 g/mol. The van der Waals surface area contributed by atoms with Crippen LogP contribution in [-0.2, 0) is 29.7 Å². The maximum atomic E-state index is 13.4. The molecule has 178 valence electrons. The van der Waals surface area contributed by atoms with Gasteiger partial charge in [-0.1, -0.05) is 0 Å². The van der Waals surface area contributed by atoms with Crippen molar-refractivity contribution < 1.29 is 14.0 Å². The van der Waals surface area contributed by atoms with E-state index in [-0.39, 0.29) is 29.4 Å². The van der Waals surface area contributed by atoms with E-state index in [4.69, 9.17) is 4.42 Å². The highest BCUT2D eigenvalue weighted by Crippen LogP contribution is 2.32. The molecule has 0 bridgehead atoms. The summed E-state index contributed by atoms with van der Waals surface area (Å²) in [6.07, 6.45) is 5.01. The van der Waals surface area contributed by atoms with E-state index in [9.17, 15) is 19.2 Å². The van der Waals surface area contributed by atoms with E-state index in [1.165, 1.54) is 17.9 Å². The van der Waals surface area contributed by atoms with E-state index in [0.717, 1.165) is 17.4 Å². The third kappa shape index (κ3) is 4.09. The van der Waals surface area contributed by atoms with Crippen LogP contribution < -0.4 is 21.5 Å². The van der Waals surface area contributed by atoms with E-state index in [2.05, 4.69) is 10.3 Å². The van der Waals surface area contributed by atoms with Gasteiger partial charge in [-0.2, -0.15) is 0 Å². The number of piperazine rings is 1. The maximum absolute atomic E-state index is 13.4. The average Bonchev–Trinajstić information content (AvgIpc) is 3.58. The van der Waals surface area contributed by atoms with Gasteiger partial charge in [0, 0.05) is 45.3 Å². The third-order valence-corrected chi connectivity index (χ3v) is 6.40. The number of hydrogen-bond acceptors (Lipinski definition) is 7. The predicted molar refractivity (Wildman–Crippen MR) is 123 cm³/mol. The van der Waals surface area contributed by atoms with Gasteiger partial charge in [-0.3, -0.25) is 23.5 Å². The van der Waals surface area contributed by atoms with Gasteiger partial charge in [0.25, 0.3) is 5.56 Å². The summed E-state index contributed by atoms with van der Waals surface area (Å²) < 4.78 is 7.41. The van der Waals surface area contributed by atoms with Crippen LogP contribution in [0.1, 0.15) is 18.6 Å². The first-order chi connectivity index (χ1) is 16.4. The van der Waals surface area contributed by atoms with Crippen LogP contribution in [0.4, 0.5) is 5.69 Å². The summed E-state index contributed by atoms with van der Waals surface area (Å²) in [7, 11) is 1.53. The van der Waals surface area contributed by atoms with E-state index >= 15 is 0 Å². The lowest BCUT2D eigenvalue weighted by Gasteiger charge is -2.36. The highest BCUT2D eigenvalue weighted by atomic mass is 16.3. The Kier molecular flexibility index (Phi) is 5.68. The van der Waals surface area contributed by atoms with Crippen LogP contribution in [0, 0.1) is 5.92 Å². The minimum atomic E-state index is -0.616. The van der Waals surface area contributed by atoms with Crippen LogP contribution in [0.2, 0.25) is 0 Å². The molecule has 3 aromatic rings. The zero-order chi connectivity index (χ0) is 23.8. The zero-order valence-corrected chi connectivity index (χ0v) is 18.9. The highest BCUT2D eigenvalue weighted by molar-refractivity contribution is 5.89. The van der Waals surface area contributed by atoms with Gasteiger partial charge in [-0.05, 0) is 31.0 Å². The van der Waals surface area contributed by atoms with E-state index in [1.807, 2.05) is 9.80 Å². The number of anilines is 1. The molecule has 34 heavy (non-hydrogen) atoms. The van der Waals surface area contributed by atoms with Crippen LogP contribution in [0.15, 0.2) is 44.7 Å². The average molecular weight is 466 g/mol. The van der Waals surface area contributed by atoms with Crippen LogP contribution >= 0.6 is 0 Å². The molecule has 1 saturated carbocycles. The van der Waals surface area contributed by atoms with Crippen molar-refractivity contribution in [1.29, 1.82) is 0 Å². The van der Waals surface area contributed by atoms with Crippen molar-refractivity contribution in [1.82, 2.24) is 24.3 Å². The van der Waals surface area contributed by atoms with E-state index in [0.29, 0.717) is 37.6 Å². The number of furan rings is 1. The molecule has 0 unspecified atom stereocenters. The lowest BCUT2D eigenvalue weighted by Crippen LogP contribution is -2.50. The number of rotatable bonds is 6. The fourth-order valence-corrected chi connectivity index (χ4v) is 4.35. The quantitative estimate of drug-likeness (QED) is 0.545. The normalized spacial score (nSPS) is 16.1. The van der Waals surface area contributed by atoms with Gasteiger partial charge in [0.1, 0.15) is 17.7 Å². The van der Waals surface area contributed by atoms with E-state index < -0.39 is 23.7 Å². The molecule has 1 aliphatic heterocycles. The molecular formula is C23H26N6O5. The molecule has 2 amide bonds. The Hall–Kier alpha value is -3.89. The summed E-state index contributed by atoms with van der Waals surface area (Å²) in [5.41, 5.74) is -0.272. The first-order valence-electron chi connectivity index (χ1n) is 11.4. The molecule has 5 rings (SSSR count). The summed E-state index contributed by atoms with van der Waals surface area (Å²) >= 11 is 0. The Balaban J connectivity index is 1.42. The number of aromatic nitrogens is 3. The van der Waals surface area contributed by atoms with Crippen molar-refractivity contribution in [3.05, 3.63) is 57.3 Å². The van der Waals surface area contributed by atoms with Crippen LogP contribution in [0.5, 0.6) is 0 Å². The van der Waals surface area contributed by atoms with Crippen molar-refractivity contribution in [3.63, 3.8) is 0 Å². The van der Waals surface area contributed by atoms with Crippen molar-refractivity contribution in [3.8, 4) is 0 Å². The number of pyridine rings is 1. The number of carbonyl (C=O) groups excluding carboxylic acids is 2. The number of amides is 2. The molecule has 4 heterocycles. The molecule has 1 aliphatic carbocycles. The summed E-state index contributed by atoms with van der Waals surface area (Å²) in [6.45, 7) is 2.04. The van der Waals surface area contributed by atoms with Gasteiger partial charge in [-0.15, -0.1) is 0 Å². The molecule has 1 N–H and O–H groups in total. The number of aryl methyl sites for hydroxylation is 1. The Bertz CT molecular complexity index is 1350. The van der Waals surface area contributed by atoms with E-state index in [1.54, 1.807) is 24.4 Å². The van der Waals surface area contributed by atoms with Crippen molar-refractivity contribution in [2.45, 2.75) is 25.9 Å². The first kappa shape index (κ1) is 21.9. The van der Waals surface area contributed by atoms with Gasteiger partial charge in [0.05, 0.1) is 18.5 Å². The van der Waals surface area contributed by atoms with Crippen LogP contribution in [0.3, 0.4) is 0 Å². The van der Waals surface area contributed by atoms with Gasteiger partial charge in [-0.25, -0.2) is 9.78 Å². The second-order valence-corrected chi connectivity index (χ2v) is 8.70. The topological polar surface area (TPSA) is 123 Å². The SMILES string of the molecule is Cn1c(=O)n(CC(=O)NCc2ccco2)c(=O)c2c(N3CCN(C(=O)C4CC4)CC3)ccnc21.